The molecule has 228 valence electrons. The molecule has 2 fully saturated rings. The van der Waals surface area contributed by atoms with Crippen molar-refractivity contribution >= 4 is 11.8 Å². The number of hydrogen-bond acceptors (Lipinski definition) is 7. The van der Waals surface area contributed by atoms with Crippen LogP contribution in [0.1, 0.15) is 47.1 Å². The SMILES string of the molecule is CO[C@H]1CN(c2cccc(-c3cccc(C)c3OCc3ccc4c(c3C)CCN(C3CCOCC3)C4)n2)CC[C@H]1C(=O)O. The molecule has 0 radical (unpaired) electrons. The Morgan fingerprint density at radius 3 is 2.65 bits per heavy atom. The second kappa shape index (κ2) is 13.0. The first-order valence-electron chi connectivity index (χ1n) is 15.6. The Morgan fingerprint density at radius 2 is 1.86 bits per heavy atom. The van der Waals surface area contributed by atoms with Crippen molar-refractivity contribution in [3.63, 3.8) is 0 Å². The number of carboxylic acids is 1. The summed E-state index contributed by atoms with van der Waals surface area (Å²) in [4.78, 5) is 21.4. The first-order valence-corrected chi connectivity index (χ1v) is 15.6. The van der Waals surface area contributed by atoms with E-state index in [-0.39, 0.29) is 6.10 Å². The number of piperidine rings is 1. The molecule has 6 rings (SSSR count). The Bertz CT molecular complexity index is 1450. The summed E-state index contributed by atoms with van der Waals surface area (Å²) >= 11 is 0. The smallest absolute Gasteiger partial charge is 0.309 e. The molecule has 8 heteroatoms. The summed E-state index contributed by atoms with van der Waals surface area (Å²) in [6, 6.07) is 17.4. The van der Waals surface area contributed by atoms with Gasteiger partial charge in [-0.25, -0.2) is 4.98 Å². The summed E-state index contributed by atoms with van der Waals surface area (Å²) in [5, 5.41) is 9.58. The van der Waals surface area contributed by atoms with Gasteiger partial charge in [0.2, 0.25) is 0 Å². The molecule has 3 aromatic rings. The number of carboxylic acid groups (broad SMARTS) is 1. The van der Waals surface area contributed by atoms with E-state index in [0.717, 1.165) is 74.0 Å². The fraction of sp³-hybridized carbons (Fsp3) is 0.486. The number of methoxy groups -OCH3 is 1. The molecule has 2 aromatic carbocycles. The van der Waals surface area contributed by atoms with Crippen LogP contribution in [-0.2, 0) is 33.8 Å². The van der Waals surface area contributed by atoms with Crippen LogP contribution in [0.3, 0.4) is 0 Å². The molecule has 1 N–H and O–H groups in total. The van der Waals surface area contributed by atoms with Gasteiger partial charge in [-0.2, -0.15) is 0 Å². The highest BCUT2D eigenvalue weighted by molar-refractivity contribution is 5.72. The zero-order valence-corrected chi connectivity index (χ0v) is 25.6. The molecule has 1 aromatic heterocycles. The van der Waals surface area contributed by atoms with Crippen molar-refractivity contribution in [1.82, 2.24) is 9.88 Å². The van der Waals surface area contributed by atoms with Crippen molar-refractivity contribution in [2.24, 2.45) is 5.92 Å². The number of aliphatic carboxylic acids is 1. The molecule has 0 bridgehead atoms. The van der Waals surface area contributed by atoms with Gasteiger partial charge in [-0.15, -0.1) is 0 Å². The predicted octanol–water partition coefficient (Wildman–Crippen LogP) is 5.41. The van der Waals surface area contributed by atoms with Gasteiger partial charge in [-0.3, -0.25) is 9.69 Å². The van der Waals surface area contributed by atoms with Gasteiger partial charge in [0, 0.05) is 58.1 Å². The van der Waals surface area contributed by atoms with E-state index in [1.807, 2.05) is 24.3 Å². The summed E-state index contributed by atoms with van der Waals surface area (Å²) in [5.74, 6) is 0.352. The summed E-state index contributed by atoms with van der Waals surface area (Å²) in [7, 11) is 1.58. The minimum Gasteiger partial charge on any atom is -0.488 e. The van der Waals surface area contributed by atoms with Gasteiger partial charge in [0.25, 0.3) is 0 Å². The lowest BCUT2D eigenvalue weighted by molar-refractivity contribution is -0.147. The van der Waals surface area contributed by atoms with Gasteiger partial charge in [-0.1, -0.05) is 30.3 Å². The second-order valence-corrected chi connectivity index (χ2v) is 12.1. The van der Waals surface area contributed by atoms with Gasteiger partial charge in [0.1, 0.15) is 18.2 Å². The number of hydrogen-bond donors (Lipinski definition) is 1. The van der Waals surface area contributed by atoms with E-state index in [4.69, 9.17) is 19.2 Å². The van der Waals surface area contributed by atoms with Crippen LogP contribution in [0.2, 0.25) is 0 Å². The van der Waals surface area contributed by atoms with Crippen molar-refractivity contribution in [2.45, 2.75) is 64.8 Å². The van der Waals surface area contributed by atoms with Gasteiger partial charge in [0.05, 0.1) is 17.7 Å². The lowest BCUT2D eigenvalue weighted by atomic mass is 9.90. The van der Waals surface area contributed by atoms with Gasteiger partial charge < -0.3 is 24.2 Å². The molecule has 0 amide bonds. The standard InChI is InChI=1S/C35H43N3O5/c1-23-6-4-7-29(31-8-5-9-33(36-31)38-17-13-30(35(39)40)32(21-38)41-3)34(23)43-22-26-11-10-25-20-37(16-12-28(25)24(26)2)27-14-18-42-19-15-27/h4-11,27,30,32H,12-22H2,1-3H3,(H,39,40)/t30-,32+/m1/s1. The van der Waals surface area contributed by atoms with Crippen LogP contribution in [0, 0.1) is 19.8 Å². The fourth-order valence-electron chi connectivity index (χ4n) is 7.02. The van der Waals surface area contributed by atoms with Crippen LogP contribution < -0.4 is 9.64 Å². The van der Waals surface area contributed by atoms with Crippen molar-refractivity contribution in [1.29, 1.82) is 0 Å². The van der Waals surface area contributed by atoms with E-state index < -0.39 is 11.9 Å². The average molecular weight is 586 g/mol. The Balaban J connectivity index is 1.19. The molecular weight excluding hydrogens is 542 g/mol. The van der Waals surface area contributed by atoms with E-state index in [2.05, 4.69) is 47.9 Å². The van der Waals surface area contributed by atoms with Crippen LogP contribution in [0.4, 0.5) is 5.82 Å². The lowest BCUT2D eigenvalue weighted by Gasteiger charge is -2.38. The topological polar surface area (TPSA) is 84.4 Å². The van der Waals surface area contributed by atoms with Crippen LogP contribution in [0.15, 0.2) is 48.5 Å². The van der Waals surface area contributed by atoms with Crippen molar-refractivity contribution in [2.75, 3.05) is 44.9 Å². The number of para-hydroxylation sites is 1. The lowest BCUT2D eigenvalue weighted by Crippen LogP contribution is -2.47. The number of pyridine rings is 1. The fourth-order valence-corrected chi connectivity index (χ4v) is 7.02. The number of benzene rings is 2. The Labute approximate surface area is 254 Å². The minimum atomic E-state index is -0.805. The minimum absolute atomic E-state index is 0.376. The molecule has 0 spiro atoms. The molecule has 2 saturated heterocycles. The highest BCUT2D eigenvalue weighted by Gasteiger charge is 2.35. The van der Waals surface area contributed by atoms with Crippen molar-refractivity contribution in [3.8, 4) is 17.0 Å². The van der Waals surface area contributed by atoms with E-state index in [9.17, 15) is 9.90 Å². The third-order valence-corrected chi connectivity index (χ3v) is 9.63. The number of ether oxygens (including phenoxy) is 3. The van der Waals surface area contributed by atoms with Gasteiger partial charge >= 0.3 is 5.97 Å². The number of aryl methyl sites for hydroxylation is 1. The van der Waals surface area contributed by atoms with Gasteiger partial charge in [-0.05, 0) is 85.5 Å². The van der Waals surface area contributed by atoms with Crippen LogP contribution in [0.25, 0.3) is 11.3 Å². The summed E-state index contributed by atoms with van der Waals surface area (Å²) in [6.07, 6.45) is 3.49. The highest BCUT2D eigenvalue weighted by Crippen LogP contribution is 2.35. The van der Waals surface area contributed by atoms with E-state index in [1.54, 1.807) is 7.11 Å². The van der Waals surface area contributed by atoms with Crippen molar-refractivity contribution in [3.05, 3.63) is 76.3 Å². The maximum atomic E-state index is 11.7. The number of anilines is 1. The zero-order valence-electron chi connectivity index (χ0n) is 25.6. The maximum absolute atomic E-state index is 11.7. The van der Waals surface area contributed by atoms with E-state index in [1.165, 1.54) is 22.3 Å². The quantitative estimate of drug-likeness (QED) is 0.376. The molecule has 2 atom stereocenters. The van der Waals surface area contributed by atoms with Gasteiger partial charge in [0.15, 0.2) is 0 Å². The molecule has 43 heavy (non-hydrogen) atoms. The molecule has 0 saturated carbocycles. The second-order valence-electron chi connectivity index (χ2n) is 12.1. The van der Waals surface area contributed by atoms with Crippen LogP contribution in [0.5, 0.6) is 5.75 Å². The number of nitrogens with zero attached hydrogens (tertiary/aromatic N) is 3. The third-order valence-electron chi connectivity index (χ3n) is 9.63. The third kappa shape index (κ3) is 6.28. The molecule has 8 nitrogen and oxygen atoms in total. The molecule has 3 aliphatic rings. The largest absolute Gasteiger partial charge is 0.488 e. The normalized spacial score (nSPS) is 21.4. The summed E-state index contributed by atoms with van der Waals surface area (Å²) in [5.41, 5.74) is 8.34. The average Bonchev–Trinajstić information content (AvgIpc) is 3.04. The maximum Gasteiger partial charge on any atom is 0.309 e. The molecular formula is C35H43N3O5. The van der Waals surface area contributed by atoms with Crippen LogP contribution >= 0.6 is 0 Å². The number of rotatable bonds is 8. The number of carbonyl (C=O) groups is 1. The zero-order chi connectivity index (χ0) is 29.9. The predicted molar refractivity (Wildman–Crippen MR) is 167 cm³/mol. The monoisotopic (exact) mass is 585 g/mol. The summed E-state index contributed by atoms with van der Waals surface area (Å²) in [6.45, 7) is 9.81. The van der Waals surface area contributed by atoms with Crippen molar-refractivity contribution < 1.29 is 24.1 Å². The molecule has 0 aliphatic carbocycles. The number of aromatic nitrogens is 1. The highest BCUT2D eigenvalue weighted by atomic mass is 16.5. The first-order chi connectivity index (χ1) is 20.9. The van der Waals surface area contributed by atoms with Crippen LogP contribution in [-0.4, -0.2) is 73.1 Å². The first kappa shape index (κ1) is 29.6. The van der Waals surface area contributed by atoms with E-state index in [0.29, 0.717) is 32.2 Å². The molecule has 0 unspecified atom stereocenters. The Morgan fingerprint density at radius 1 is 1.05 bits per heavy atom. The molecule has 3 aliphatic heterocycles. The van der Waals surface area contributed by atoms with E-state index >= 15 is 0 Å². The number of fused-ring (bicyclic) bond motifs is 1. The summed E-state index contributed by atoms with van der Waals surface area (Å²) < 4.78 is 17.7. The Kier molecular flexibility index (Phi) is 8.98. The molecule has 4 heterocycles. The Hall–Kier alpha value is -3.46.